The van der Waals surface area contributed by atoms with Crippen molar-refractivity contribution in [3.05, 3.63) is 111 Å². The van der Waals surface area contributed by atoms with Crippen LogP contribution in [0.15, 0.2) is 83.7 Å². The maximum absolute atomic E-state index is 12.5. The molecule has 2 unspecified atom stereocenters. The van der Waals surface area contributed by atoms with Crippen LogP contribution >= 0.6 is 0 Å². The molecule has 1 amide bonds. The molecule has 1 aromatic heterocycles. The fraction of sp³-hybridized carbons (Fsp3) is 0.450. The zero-order valence-electron chi connectivity index (χ0n) is 30.7. The van der Waals surface area contributed by atoms with E-state index in [1.807, 2.05) is 63.2 Å². The Kier molecular flexibility index (Phi) is 12.5. The van der Waals surface area contributed by atoms with E-state index < -0.39 is 20.0 Å². The molecule has 8 nitrogen and oxygen atoms in total. The van der Waals surface area contributed by atoms with Crippen LogP contribution in [0.5, 0.6) is 5.75 Å². The minimum atomic E-state index is -2.19. The molecule has 1 heterocycles. The summed E-state index contributed by atoms with van der Waals surface area (Å²) < 4.78 is 18.7. The first-order valence-corrected chi connectivity index (χ1v) is 20.2. The van der Waals surface area contributed by atoms with Gasteiger partial charge in [-0.05, 0) is 93.1 Å². The molecule has 3 N–H and O–H groups in total. The minimum Gasteiger partial charge on any atom is -0.487 e. The first-order valence-electron chi connectivity index (χ1n) is 17.3. The van der Waals surface area contributed by atoms with Gasteiger partial charge >= 0.3 is 6.09 Å². The van der Waals surface area contributed by atoms with Gasteiger partial charge < -0.3 is 29.5 Å². The highest BCUT2D eigenvalue weighted by Gasteiger charge is 2.40. The van der Waals surface area contributed by atoms with Crippen LogP contribution in [0.4, 0.5) is 4.79 Å². The summed E-state index contributed by atoms with van der Waals surface area (Å²) in [5, 5.41) is 7.53. The topological polar surface area (TPSA) is 102 Å². The van der Waals surface area contributed by atoms with Crippen molar-refractivity contribution in [2.75, 3.05) is 13.1 Å². The number of pyridine rings is 1. The number of alkyl carbamates (subject to hydrolysis) is 1. The molecule has 4 rings (SSSR count). The van der Waals surface area contributed by atoms with E-state index in [1.165, 1.54) is 5.56 Å². The van der Waals surface area contributed by atoms with Crippen molar-refractivity contribution in [1.82, 2.24) is 15.6 Å². The predicted octanol–water partition coefficient (Wildman–Crippen LogP) is 8.46. The number of amides is 1. The van der Waals surface area contributed by atoms with Gasteiger partial charge in [-0.25, -0.2) is 4.79 Å². The maximum Gasteiger partial charge on any atom is 0.407 e. The number of rotatable bonds is 14. The molecule has 4 aromatic rings. The van der Waals surface area contributed by atoms with Gasteiger partial charge in [0.25, 0.3) is 0 Å². The zero-order valence-corrected chi connectivity index (χ0v) is 31.7. The number of carbonyl (C=O) groups is 1. The highest BCUT2D eigenvalue weighted by molar-refractivity contribution is 6.74. The second-order valence-electron chi connectivity index (χ2n) is 15.4. The van der Waals surface area contributed by atoms with E-state index in [9.17, 15) is 9.59 Å². The largest absolute Gasteiger partial charge is 0.487 e. The fourth-order valence-electron chi connectivity index (χ4n) is 5.40. The summed E-state index contributed by atoms with van der Waals surface area (Å²) in [6.45, 7) is 20.6. The molecule has 0 spiro atoms. The van der Waals surface area contributed by atoms with Crippen molar-refractivity contribution in [1.29, 1.82) is 0 Å². The van der Waals surface area contributed by atoms with E-state index in [0.29, 0.717) is 31.0 Å². The van der Waals surface area contributed by atoms with E-state index in [0.717, 1.165) is 34.9 Å². The molecule has 0 aliphatic rings. The monoisotopic (exact) mass is 685 g/mol. The van der Waals surface area contributed by atoms with Crippen molar-refractivity contribution >= 4 is 25.3 Å². The number of benzene rings is 3. The van der Waals surface area contributed by atoms with E-state index in [2.05, 4.69) is 86.7 Å². The number of hydrogen-bond acceptors (Lipinski definition) is 6. The van der Waals surface area contributed by atoms with E-state index in [-0.39, 0.29) is 22.7 Å². The highest BCUT2D eigenvalue weighted by Crippen LogP contribution is 2.41. The average molecular weight is 686 g/mol. The summed E-state index contributed by atoms with van der Waals surface area (Å²) in [4.78, 5) is 27.6. The van der Waals surface area contributed by atoms with Gasteiger partial charge in [-0.3, -0.25) is 4.79 Å². The summed E-state index contributed by atoms with van der Waals surface area (Å²) >= 11 is 0. The van der Waals surface area contributed by atoms with Gasteiger partial charge in [0.1, 0.15) is 18.0 Å². The molecule has 3 aromatic carbocycles. The molecule has 0 bridgehead atoms. The van der Waals surface area contributed by atoms with Crippen LogP contribution < -0.4 is 20.9 Å². The second-order valence-corrected chi connectivity index (χ2v) is 20.2. The van der Waals surface area contributed by atoms with Gasteiger partial charge in [0.05, 0.1) is 11.6 Å². The summed E-state index contributed by atoms with van der Waals surface area (Å²) in [6.07, 6.45) is 0.910. The highest BCUT2D eigenvalue weighted by atomic mass is 28.4. The van der Waals surface area contributed by atoms with Crippen LogP contribution in [-0.2, 0) is 28.6 Å². The molecule has 2 atom stereocenters. The van der Waals surface area contributed by atoms with E-state index in [1.54, 1.807) is 6.07 Å². The van der Waals surface area contributed by atoms with Gasteiger partial charge in [-0.1, -0.05) is 81.4 Å². The number of ether oxygens (including phenoxy) is 2. The van der Waals surface area contributed by atoms with Crippen molar-refractivity contribution in [2.45, 2.75) is 104 Å². The lowest BCUT2D eigenvalue weighted by Gasteiger charge is -2.40. The van der Waals surface area contributed by atoms with Crippen LogP contribution in [0, 0.1) is 0 Å². The Morgan fingerprint density at radius 1 is 0.878 bits per heavy atom. The van der Waals surface area contributed by atoms with Gasteiger partial charge in [0, 0.05) is 30.6 Å². The van der Waals surface area contributed by atoms with Crippen molar-refractivity contribution in [3.63, 3.8) is 0 Å². The number of carbonyl (C=O) groups excluding carboxylic acids is 1. The molecular formula is C40H55N3O5Si. The van der Waals surface area contributed by atoms with Crippen LogP contribution in [0.2, 0.25) is 18.1 Å². The lowest BCUT2D eigenvalue weighted by Crippen LogP contribution is -2.44. The third-order valence-electron chi connectivity index (χ3n) is 8.98. The number of H-pyrrole nitrogens is 1. The Balaban J connectivity index is 1.51. The Labute approximate surface area is 293 Å². The zero-order chi connectivity index (χ0) is 35.8. The second kappa shape index (κ2) is 16.2. The number of fused-ring (bicyclic) bond motifs is 1. The third-order valence-corrected chi connectivity index (χ3v) is 13.5. The first-order chi connectivity index (χ1) is 23.0. The van der Waals surface area contributed by atoms with Crippen molar-refractivity contribution in [3.8, 4) is 5.75 Å². The molecule has 0 fully saturated rings. The fourth-order valence-corrected chi connectivity index (χ4v) is 6.68. The van der Waals surface area contributed by atoms with E-state index >= 15 is 0 Å². The molecule has 0 saturated carbocycles. The SMILES string of the molecule is CC(Cc1cccc(CCNC(=O)OC(C)(C)C)c1)NCC(O[Si](C)(C)C(C)(C)C)c1ccc(OCc2ccccc2)c2[nH]c(=O)ccc12. The van der Waals surface area contributed by atoms with Gasteiger partial charge in [-0.15, -0.1) is 0 Å². The van der Waals surface area contributed by atoms with Crippen LogP contribution in [-0.4, -0.2) is 44.1 Å². The number of aromatic amines is 1. The maximum atomic E-state index is 12.5. The molecule has 49 heavy (non-hydrogen) atoms. The molecule has 0 saturated heterocycles. The molecule has 0 aliphatic carbocycles. The Morgan fingerprint density at radius 3 is 2.27 bits per heavy atom. The smallest absolute Gasteiger partial charge is 0.407 e. The van der Waals surface area contributed by atoms with Gasteiger partial charge in [0.2, 0.25) is 5.56 Å². The molecule has 0 radical (unpaired) electrons. The minimum absolute atomic E-state index is 0.0124. The summed E-state index contributed by atoms with van der Waals surface area (Å²) in [5.74, 6) is 0.633. The third kappa shape index (κ3) is 11.3. The predicted molar refractivity (Wildman–Crippen MR) is 202 cm³/mol. The standard InChI is InChI=1S/C40H55N3O5Si/c1-28(24-31-17-13-16-29(25-31)22-23-41-38(45)47-39(2,3)4)42-26-35(48-49(8,9)40(5,6)7)32-18-20-34(37-33(32)19-21-36(44)43-37)46-27-30-14-11-10-12-15-30/h10-21,25,28,35,42H,22-24,26-27H2,1-9H3,(H,41,45)(H,43,44). The summed E-state index contributed by atoms with van der Waals surface area (Å²) in [5.41, 5.74) is 4.44. The molecular weight excluding hydrogens is 631 g/mol. The van der Waals surface area contributed by atoms with Gasteiger partial charge in [-0.2, -0.15) is 0 Å². The van der Waals surface area contributed by atoms with Crippen LogP contribution in [0.25, 0.3) is 10.9 Å². The lowest BCUT2D eigenvalue weighted by molar-refractivity contribution is 0.0528. The van der Waals surface area contributed by atoms with Gasteiger partial charge in [0.15, 0.2) is 8.32 Å². The number of hydrogen-bond donors (Lipinski definition) is 3. The van der Waals surface area contributed by atoms with E-state index in [4.69, 9.17) is 13.9 Å². The van der Waals surface area contributed by atoms with Crippen molar-refractivity contribution in [2.24, 2.45) is 0 Å². The first kappa shape index (κ1) is 37.9. The molecule has 264 valence electrons. The Hall–Kier alpha value is -3.92. The molecule has 9 heteroatoms. The van der Waals surface area contributed by atoms with Crippen LogP contribution in [0.1, 0.15) is 76.8 Å². The quantitative estimate of drug-likeness (QED) is 0.115. The summed E-state index contributed by atoms with van der Waals surface area (Å²) in [6, 6.07) is 26.2. The number of aromatic nitrogens is 1. The normalized spacial score (nSPS) is 13.6. The molecule has 0 aliphatic heterocycles. The Morgan fingerprint density at radius 2 is 1.57 bits per heavy atom. The average Bonchev–Trinajstić information content (AvgIpc) is 3.01. The Bertz CT molecular complexity index is 1740. The van der Waals surface area contributed by atoms with Crippen molar-refractivity contribution < 1.29 is 18.7 Å². The number of nitrogens with one attached hydrogen (secondary N) is 3. The summed E-state index contributed by atoms with van der Waals surface area (Å²) in [7, 11) is -2.19. The lowest BCUT2D eigenvalue weighted by atomic mass is 10.0. The van der Waals surface area contributed by atoms with Crippen LogP contribution in [0.3, 0.4) is 0 Å².